The molecule has 2 aromatic rings. The summed E-state index contributed by atoms with van der Waals surface area (Å²) in [5.41, 5.74) is 1.27. The second-order valence-electron chi connectivity index (χ2n) is 7.14. The maximum atomic E-state index is 13.1. The van der Waals surface area contributed by atoms with Crippen molar-refractivity contribution in [2.75, 3.05) is 5.75 Å². The predicted molar refractivity (Wildman–Crippen MR) is 109 cm³/mol. The SMILES string of the molecule is CC[C@@H](C)NC(=O)CSc1nc2sc3c(c2c(=O)n1CC)CC[C@H](C)C3. The van der Waals surface area contributed by atoms with Gasteiger partial charge >= 0.3 is 0 Å². The summed E-state index contributed by atoms with van der Waals surface area (Å²) < 4.78 is 1.72. The third kappa shape index (κ3) is 3.83. The summed E-state index contributed by atoms with van der Waals surface area (Å²) in [7, 11) is 0. The third-order valence-corrected chi connectivity index (χ3v) is 7.17. The number of fused-ring (bicyclic) bond motifs is 3. The van der Waals surface area contributed by atoms with Crippen LogP contribution in [0.2, 0.25) is 0 Å². The average Bonchev–Trinajstić information content (AvgIpc) is 2.97. The van der Waals surface area contributed by atoms with Gasteiger partial charge in [0.05, 0.1) is 11.1 Å². The molecule has 0 saturated heterocycles. The summed E-state index contributed by atoms with van der Waals surface area (Å²) in [4.78, 5) is 32.1. The zero-order chi connectivity index (χ0) is 18.8. The van der Waals surface area contributed by atoms with E-state index in [1.165, 1.54) is 22.2 Å². The number of hydrogen-bond donors (Lipinski definition) is 1. The number of thioether (sulfide) groups is 1. The van der Waals surface area contributed by atoms with Crippen LogP contribution in [0.15, 0.2) is 9.95 Å². The minimum Gasteiger partial charge on any atom is -0.353 e. The zero-order valence-electron chi connectivity index (χ0n) is 15.9. The van der Waals surface area contributed by atoms with Crippen molar-refractivity contribution in [2.45, 2.75) is 71.1 Å². The molecule has 0 spiro atoms. The highest BCUT2D eigenvalue weighted by atomic mass is 32.2. The molecule has 1 N–H and O–H groups in total. The first-order chi connectivity index (χ1) is 12.4. The fourth-order valence-electron chi connectivity index (χ4n) is 3.34. The second kappa shape index (κ2) is 8.13. The second-order valence-corrected chi connectivity index (χ2v) is 9.17. The number of hydrogen-bond acceptors (Lipinski definition) is 5. The molecule has 0 saturated carbocycles. The topological polar surface area (TPSA) is 64.0 Å². The highest BCUT2D eigenvalue weighted by molar-refractivity contribution is 7.99. The fraction of sp³-hybridized carbons (Fsp3) is 0.632. The van der Waals surface area contributed by atoms with Crippen molar-refractivity contribution in [1.82, 2.24) is 14.9 Å². The minimum absolute atomic E-state index is 0.0133. The zero-order valence-corrected chi connectivity index (χ0v) is 17.6. The van der Waals surface area contributed by atoms with Crippen LogP contribution >= 0.6 is 23.1 Å². The Morgan fingerprint density at radius 2 is 2.23 bits per heavy atom. The van der Waals surface area contributed by atoms with E-state index < -0.39 is 0 Å². The standard InChI is InChI=1S/C19H27N3O2S2/c1-5-12(4)20-15(23)10-25-19-21-17-16(18(24)22(19)6-2)13-8-7-11(3)9-14(13)26-17/h11-12H,5-10H2,1-4H3,(H,20,23)/t11-,12+/m0/s1. The normalized spacial score (nSPS) is 17.9. The van der Waals surface area contributed by atoms with Crippen LogP contribution in [0.1, 0.15) is 51.0 Å². The Kier molecular flexibility index (Phi) is 6.07. The third-order valence-electron chi connectivity index (χ3n) is 5.05. The fourth-order valence-corrected chi connectivity index (χ4v) is 5.64. The van der Waals surface area contributed by atoms with E-state index in [2.05, 4.69) is 12.2 Å². The highest BCUT2D eigenvalue weighted by Crippen LogP contribution is 2.36. The van der Waals surface area contributed by atoms with Crippen molar-refractivity contribution in [1.29, 1.82) is 0 Å². The van der Waals surface area contributed by atoms with Gasteiger partial charge in [0, 0.05) is 17.5 Å². The first kappa shape index (κ1) is 19.4. The van der Waals surface area contributed by atoms with Crippen molar-refractivity contribution in [3.8, 4) is 0 Å². The quantitative estimate of drug-likeness (QED) is 0.601. The van der Waals surface area contributed by atoms with E-state index in [1.54, 1.807) is 15.9 Å². The number of rotatable bonds is 6. The Morgan fingerprint density at radius 1 is 1.46 bits per heavy atom. The van der Waals surface area contributed by atoms with Crippen molar-refractivity contribution < 1.29 is 4.79 Å². The monoisotopic (exact) mass is 393 g/mol. The van der Waals surface area contributed by atoms with Crippen LogP contribution < -0.4 is 10.9 Å². The number of nitrogens with one attached hydrogen (secondary N) is 1. The maximum absolute atomic E-state index is 13.1. The molecule has 1 amide bonds. The highest BCUT2D eigenvalue weighted by Gasteiger charge is 2.24. The predicted octanol–water partition coefficient (Wildman–Crippen LogP) is 3.61. The van der Waals surface area contributed by atoms with Gasteiger partial charge < -0.3 is 5.32 Å². The molecule has 2 atom stereocenters. The minimum atomic E-state index is -0.0133. The Bertz CT molecular complexity index is 872. The van der Waals surface area contributed by atoms with Crippen molar-refractivity contribution in [3.63, 3.8) is 0 Å². The molecule has 0 aromatic carbocycles. The van der Waals surface area contributed by atoms with Gasteiger partial charge in [-0.3, -0.25) is 14.2 Å². The lowest BCUT2D eigenvalue weighted by Gasteiger charge is -2.17. The Hall–Kier alpha value is -1.34. The Labute approximate surface area is 162 Å². The summed E-state index contributed by atoms with van der Waals surface area (Å²) in [5.74, 6) is 0.937. The number of carbonyl (C=O) groups excluding carboxylic acids is 1. The molecule has 2 heterocycles. The molecular weight excluding hydrogens is 366 g/mol. The molecule has 5 nitrogen and oxygen atoms in total. The van der Waals surface area contributed by atoms with E-state index in [4.69, 9.17) is 4.98 Å². The molecule has 0 radical (unpaired) electrons. The number of carbonyl (C=O) groups is 1. The van der Waals surface area contributed by atoms with E-state index in [0.717, 1.165) is 35.9 Å². The van der Waals surface area contributed by atoms with Gasteiger partial charge in [0.25, 0.3) is 5.56 Å². The van der Waals surface area contributed by atoms with Gasteiger partial charge in [0.1, 0.15) is 4.83 Å². The molecule has 26 heavy (non-hydrogen) atoms. The van der Waals surface area contributed by atoms with Gasteiger partial charge in [-0.25, -0.2) is 4.98 Å². The van der Waals surface area contributed by atoms with E-state index in [0.29, 0.717) is 17.6 Å². The molecule has 142 valence electrons. The maximum Gasteiger partial charge on any atom is 0.263 e. The Morgan fingerprint density at radius 3 is 2.92 bits per heavy atom. The first-order valence-electron chi connectivity index (χ1n) is 9.41. The van der Waals surface area contributed by atoms with Crippen LogP contribution in [0.4, 0.5) is 0 Å². The average molecular weight is 394 g/mol. The van der Waals surface area contributed by atoms with E-state index in [-0.39, 0.29) is 23.3 Å². The van der Waals surface area contributed by atoms with Crippen LogP contribution in [-0.2, 0) is 24.2 Å². The van der Waals surface area contributed by atoms with Gasteiger partial charge in [-0.2, -0.15) is 0 Å². The van der Waals surface area contributed by atoms with Crippen molar-refractivity contribution in [3.05, 3.63) is 20.8 Å². The smallest absolute Gasteiger partial charge is 0.263 e. The number of aryl methyl sites for hydroxylation is 1. The summed E-state index contributed by atoms with van der Waals surface area (Å²) in [6.45, 7) is 8.83. The van der Waals surface area contributed by atoms with E-state index >= 15 is 0 Å². The number of nitrogens with zero attached hydrogens (tertiary/aromatic N) is 2. The number of thiophene rings is 1. The summed E-state index contributed by atoms with van der Waals surface area (Å²) in [6.07, 6.45) is 4.05. The molecule has 1 aliphatic rings. The lowest BCUT2D eigenvalue weighted by Crippen LogP contribution is -2.33. The van der Waals surface area contributed by atoms with Gasteiger partial charge in [0.2, 0.25) is 5.91 Å². The molecular formula is C19H27N3O2S2. The van der Waals surface area contributed by atoms with E-state index in [1.807, 2.05) is 20.8 Å². The van der Waals surface area contributed by atoms with Gasteiger partial charge in [-0.1, -0.05) is 25.6 Å². The van der Waals surface area contributed by atoms with Crippen molar-refractivity contribution >= 4 is 39.2 Å². The number of amides is 1. The van der Waals surface area contributed by atoms with Gasteiger partial charge in [-0.15, -0.1) is 11.3 Å². The van der Waals surface area contributed by atoms with Crippen LogP contribution in [0.5, 0.6) is 0 Å². The largest absolute Gasteiger partial charge is 0.353 e. The summed E-state index contributed by atoms with van der Waals surface area (Å²) >= 11 is 3.02. The molecule has 7 heteroatoms. The van der Waals surface area contributed by atoms with Crippen molar-refractivity contribution in [2.24, 2.45) is 5.92 Å². The lowest BCUT2D eigenvalue weighted by molar-refractivity contribution is -0.119. The molecule has 1 aliphatic carbocycles. The Balaban J connectivity index is 1.91. The van der Waals surface area contributed by atoms with Crippen LogP contribution in [0.3, 0.4) is 0 Å². The lowest BCUT2D eigenvalue weighted by atomic mass is 9.89. The number of aromatic nitrogens is 2. The van der Waals surface area contributed by atoms with Gasteiger partial charge in [0.15, 0.2) is 5.16 Å². The molecule has 2 aromatic heterocycles. The molecule has 0 unspecified atom stereocenters. The summed E-state index contributed by atoms with van der Waals surface area (Å²) in [5, 5.41) is 4.42. The van der Waals surface area contributed by atoms with Crippen LogP contribution in [0, 0.1) is 5.92 Å². The van der Waals surface area contributed by atoms with E-state index in [9.17, 15) is 9.59 Å². The van der Waals surface area contributed by atoms with Crippen LogP contribution in [0.25, 0.3) is 10.2 Å². The van der Waals surface area contributed by atoms with Gasteiger partial charge in [-0.05, 0) is 51.0 Å². The first-order valence-corrected chi connectivity index (χ1v) is 11.2. The molecule has 0 bridgehead atoms. The molecule has 0 aliphatic heterocycles. The molecule has 0 fully saturated rings. The summed E-state index contributed by atoms with van der Waals surface area (Å²) in [6, 6.07) is 0.165. The molecule has 3 rings (SSSR count). The van der Waals surface area contributed by atoms with Crippen LogP contribution in [-0.4, -0.2) is 27.3 Å².